The summed E-state index contributed by atoms with van der Waals surface area (Å²) in [5.41, 5.74) is 0.618. The number of nitrogens with one attached hydrogen (secondary N) is 1. The van der Waals surface area contributed by atoms with E-state index >= 15 is 0 Å². The number of benzene rings is 2. The van der Waals surface area contributed by atoms with Gasteiger partial charge in [0, 0.05) is 24.9 Å². The third-order valence-electron chi connectivity index (χ3n) is 4.06. The number of sulfonamides is 1. The van der Waals surface area contributed by atoms with Gasteiger partial charge in [0.15, 0.2) is 0 Å². The lowest BCUT2D eigenvalue weighted by molar-refractivity contribution is -0.111. The third-order valence-corrected chi connectivity index (χ3v) is 5.98. The number of carbonyl (C=O) groups is 1. The van der Waals surface area contributed by atoms with E-state index in [4.69, 9.17) is 4.74 Å². The number of ether oxygens (including phenoxy) is 1. The lowest BCUT2D eigenvalue weighted by atomic mass is 10.2. The van der Waals surface area contributed by atoms with Gasteiger partial charge in [-0.15, -0.1) is 0 Å². The largest absolute Gasteiger partial charge is 0.379 e. The summed E-state index contributed by atoms with van der Waals surface area (Å²) in [6.07, 6.45) is 2.58. The first-order valence-corrected chi connectivity index (χ1v) is 9.92. The van der Waals surface area contributed by atoms with Crippen LogP contribution in [0.15, 0.2) is 53.4 Å². The molecular formula is C19H18F2N2O4S. The second-order valence-corrected chi connectivity index (χ2v) is 7.95. The number of amides is 1. The van der Waals surface area contributed by atoms with E-state index in [0.29, 0.717) is 5.56 Å². The zero-order valence-electron chi connectivity index (χ0n) is 14.8. The predicted octanol–water partition coefficient (Wildman–Crippen LogP) is 2.64. The van der Waals surface area contributed by atoms with E-state index in [1.54, 1.807) is 6.07 Å². The van der Waals surface area contributed by atoms with Gasteiger partial charge in [0.25, 0.3) is 0 Å². The average molecular weight is 408 g/mol. The SMILES string of the molecule is O=C(C=Cc1cccc(F)c1)Nc1ccc(F)c(S(=O)(=O)N2CCOCC2)c1. The summed E-state index contributed by atoms with van der Waals surface area (Å²) in [7, 11) is -4.04. The summed E-state index contributed by atoms with van der Waals surface area (Å²) in [6.45, 7) is 0.744. The maximum absolute atomic E-state index is 14.2. The van der Waals surface area contributed by atoms with Crippen molar-refractivity contribution in [3.8, 4) is 0 Å². The summed E-state index contributed by atoms with van der Waals surface area (Å²) >= 11 is 0. The quantitative estimate of drug-likeness (QED) is 0.772. The standard InChI is InChI=1S/C19H18F2N2O4S/c20-15-3-1-2-14(12-15)4-7-19(24)22-16-5-6-17(21)18(13-16)28(25,26)23-8-10-27-11-9-23/h1-7,12-13H,8-11H2,(H,22,24). The smallest absolute Gasteiger partial charge is 0.248 e. The van der Waals surface area contributed by atoms with Crippen molar-refractivity contribution in [1.82, 2.24) is 4.31 Å². The van der Waals surface area contributed by atoms with Crippen LogP contribution in [0.4, 0.5) is 14.5 Å². The molecule has 2 aromatic rings. The molecule has 28 heavy (non-hydrogen) atoms. The van der Waals surface area contributed by atoms with Gasteiger partial charge in [-0.2, -0.15) is 4.31 Å². The highest BCUT2D eigenvalue weighted by molar-refractivity contribution is 7.89. The molecule has 1 N–H and O–H groups in total. The fourth-order valence-electron chi connectivity index (χ4n) is 2.67. The van der Waals surface area contributed by atoms with Crippen molar-refractivity contribution in [3.63, 3.8) is 0 Å². The highest BCUT2D eigenvalue weighted by atomic mass is 32.2. The molecule has 0 spiro atoms. The number of hydrogen-bond acceptors (Lipinski definition) is 4. The Kier molecular flexibility index (Phi) is 6.18. The fourth-order valence-corrected chi connectivity index (χ4v) is 4.17. The van der Waals surface area contributed by atoms with Gasteiger partial charge in [0.2, 0.25) is 15.9 Å². The van der Waals surface area contributed by atoms with Crippen LogP contribution in [0.3, 0.4) is 0 Å². The Labute approximate surface area is 161 Å². The lowest BCUT2D eigenvalue weighted by Gasteiger charge is -2.26. The summed E-state index contributed by atoms with van der Waals surface area (Å²) in [4.78, 5) is 11.5. The maximum Gasteiger partial charge on any atom is 0.248 e. The summed E-state index contributed by atoms with van der Waals surface area (Å²) in [6, 6.07) is 9.00. The molecule has 9 heteroatoms. The second kappa shape index (κ2) is 8.59. The van der Waals surface area contributed by atoms with E-state index in [2.05, 4.69) is 5.32 Å². The van der Waals surface area contributed by atoms with E-state index in [1.165, 1.54) is 36.4 Å². The van der Waals surface area contributed by atoms with Crippen LogP contribution < -0.4 is 5.32 Å². The number of nitrogens with zero attached hydrogens (tertiary/aromatic N) is 1. The van der Waals surface area contributed by atoms with Crippen LogP contribution in [-0.4, -0.2) is 44.9 Å². The van der Waals surface area contributed by atoms with Crippen LogP contribution >= 0.6 is 0 Å². The molecule has 1 amide bonds. The van der Waals surface area contributed by atoms with Gasteiger partial charge in [0.1, 0.15) is 16.5 Å². The summed E-state index contributed by atoms with van der Waals surface area (Å²) in [5.74, 6) is -1.90. The van der Waals surface area contributed by atoms with E-state index in [-0.39, 0.29) is 32.0 Å². The predicted molar refractivity (Wildman–Crippen MR) is 100 cm³/mol. The molecule has 0 aromatic heterocycles. The van der Waals surface area contributed by atoms with Gasteiger partial charge in [0.05, 0.1) is 13.2 Å². The van der Waals surface area contributed by atoms with E-state index < -0.39 is 32.5 Å². The number of hydrogen-bond donors (Lipinski definition) is 1. The molecule has 1 aliphatic heterocycles. The Morgan fingerprint density at radius 1 is 1.11 bits per heavy atom. The first-order chi connectivity index (χ1) is 13.4. The van der Waals surface area contributed by atoms with Crippen LogP contribution in [0.5, 0.6) is 0 Å². The summed E-state index contributed by atoms with van der Waals surface area (Å²) in [5, 5.41) is 2.48. The molecule has 0 radical (unpaired) electrons. The van der Waals surface area contributed by atoms with Crippen molar-refractivity contribution >= 4 is 27.7 Å². The van der Waals surface area contributed by atoms with Gasteiger partial charge in [-0.05, 0) is 42.0 Å². The minimum atomic E-state index is -4.04. The van der Waals surface area contributed by atoms with Crippen LogP contribution in [-0.2, 0) is 19.6 Å². The molecule has 3 rings (SSSR count). The fraction of sp³-hybridized carbons (Fsp3) is 0.211. The normalized spacial score (nSPS) is 15.6. The average Bonchev–Trinajstić information content (AvgIpc) is 2.68. The molecular weight excluding hydrogens is 390 g/mol. The zero-order valence-corrected chi connectivity index (χ0v) is 15.6. The highest BCUT2D eigenvalue weighted by Crippen LogP contribution is 2.24. The number of anilines is 1. The van der Waals surface area contributed by atoms with Crippen molar-refractivity contribution in [2.45, 2.75) is 4.90 Å². The minimum Gasteiger partial charge on any atom is -0.379 e. The maximum atomic E-state index is 14.2. The highest BCUT2D eigenvalue weighted by Gasteiger charge is 2.29. The van der Waals surface area contributed by atoms with Gasteiger partial charge < -0.3 is 10.1 Å². The molecule has 0 saturated carbocycles. The molecule has 1 fully saturated rings. The lowest BCUT2D eigenvalue weighted by Crippen LogP contribution is -2.40. The first-order valence-electron chi connectivity index (χ1n) is 8.48. The molecule has 1 saturated heterocycles. The van der Waals surface area contributed by atoms with E-state index in [9.17, 15) is 22.0 Å². The molecule has 6 nitrogen and oxygen atoms in total. The number of carbonyl (C=O) groups excluding carboxylic acids is 1. The third kappa shape index (κ3) is 4.80. The Hall–Kier alpha value is -2.62. The monoisotopic (exact) mass is 408 g/mol. The van der Waals surface area contributed by atoms with Gasteiger partial charge >= 0.3 is 0 Å². The molecule has 0 atom stereocenters. The topological polar surface area (TPSA) is 75.7 Å². The molecule has 2 aromatic carbocycles. The Bertz CT molecular complexity index is 1000. The van der Waals surface area contributed by atoms with Crippen molar-refractivity contribution in [2.24, 2.45) is 0 Å². The van der Waals surface area contributed by atoms with Crippen LogP contribution in [0.25, 0.3) is 6.08 Å². The van der Waals surface area contributed by atoms with Crippen molar-refractivity contribution in [1.29, 1.82) is 0 Å². The molecule has 0 bridgehead atoms. The van der Waals surface area contributed by atoms with Gasteiger partial charge in [-0.1, -0.05) is 12.1 Å². The second-order valence-electron chi connectivity index (χ2n) is 6.04. The van der Waals surface area contributed by atoms with Crippen LogP contribution in [0.1, 0.15) is 5.56 Å². The van der Waals surface area contributed by atoms with Crippen molar-refractivity contribution in [2.75, 3.05) is 31.6 Å². The minimum absolute atomic E-state index is 0.127. The molecule has 1 heterocycles. The first kappa shape index (κ1) is 20.1. The Morgan fingerprint density at radius 3 is 2.57 bits per heavy atom. The molecule has 1 aliphatic rings. The number of halogens is 2. The summed E-state index contributed by atoms with van der Waals surface area (Å²) < 4.78 is 58.9. The molecule has 148 valence electrons. The number of rotatable bonds is 5. The van der Waals surface area contributed by atoms with Crippen LogP contribution in [0, 0.1) is 11.6 Å². The van der Waals surface area contributed by atoms with Crippen LogP contribution in [0.2, 0.25) is 0 Å². The number of morpholine rings is 1. The van der Waals surface area contributed by atoms with Gasteiger partial charge in [-0.3, -0.25) is 4.79 Å². The van der Waals surface area contributed by atoms with Crippen molar-refractivity contribution < 1.29 is 26.7 Å². The molecule has 0 unspecified atom stereocenters. The van der Waals surface area contributed by atoms with E-state index in [1.807, 2.05) is 0 Å². The molecule has 0 aliphatic carbocycles. The van der Waals surface area contributed by atoms with E-state index in [0.717, 1.165) is 16.4 Å². The van der Waals surface area contributed by atoms with Gasteiger partial charge in [-0.25, -0.2) is 17.2 Å². The Balaban J connectivity index is 1.76. The Morgan fingerprint density at radius 2 is 1.86 bits per heavy atom. The van der Waals surface area contributed by atoms with Crippen molar-refractivity contribution in [3.05, 3.63) is 65.7 Å². The zero-order chi connectivity index (χ0) is 20.1.